The van der Waals surface area contributed by atoms with Gasteiger partial charge >= 0.3 is 0 Å². The van der Waals surface area contributed by atoms with Gasteiger partial charge in [-0.05, 0) is 64.8 Å². The summed E-state index contributed by atoms with van der Waals surface area (Å²) < 4.78 is 6.67. The molecular weight excluding hydrogens is 398 g/mol. The maximum atomic E-state index is 11.2. The molecule has 1 heterocycles. The maximum Gasteiger partial charge on any atom is 0.269 e. The molecule has 2 aliphatic rings. The first kappa shape index (κ1) is 20.4. The predicted molar refractivity (Wildman–Crippen MR) is 126 cm³/mol. The quantitative estimate of drug-likeness (QED) is 0.334. The first-order valence-corrected chi connectivity index (χ1v) is 11.2. The molecule has 3 aromatic carbocycles. The van der Waals surface area contributed by atoms with Crippen LogP contribution in [0.25, 0.3) is 5.57 Å². The van der Waals surface area contributed by atoms with Gasteiger partial charge in [0, 0.05) is 12.1 Å². The van der Waals surface area contributed by atoms with Crippen molar-refractivity contribution in [3.05, 3.63) is 129 Å². The van der Waals surface area contributed by atoms with Gasteiger partial charge in [0.2, 0.25) is 0 Å². The molecule has 1 saturated heterocycles. The second kappa shape index (κ2) is 8.93. The highest BCUT2D eigenvalue weighted by atomic mass is 16.6. The number of fused-ring (bicyclic) bond motifs is 1. The third-order valence-electron chi connectivity index (χ3n) is 6.31. The van der Waals surface area contributed by atoms with Crippen molar-refractivity contribution in [2.75, 3.05) is 0 Å². The van der Waals surface area contributed by atoms with Crippen molar-refractivity contribution < 1.29 is 9.66 Å². The van der Waals surface area contributed by atoms with Crippen LogP contribution in [0.5, 0.6) is 0 Å². The lowest BCUT2D eigenvalue weighted by atomic mass is 9.84. The first-order chi connectivity index (χ1) is 15.7. The van der Waals surface area contributed by atoms with E-state index in [0.717, 1.165) is 36.0 Å². The number of rotatable bonds is 4. The molecule has 0 amide bonds. The zero-order valence-electron chi connectivity index (χ0n) is 17.8. The zero-order chi connectivity index (χ0) is 21.9. The van der Waals surface area contributed by atoms with Crippen molar-refractivity contribution in [1.29, 1.82) is 0 Å². The van der Waals surface area contributed by atoms with Gasteiger partial charge in [-0.2, -0.15) is 0 Å². The number of nitrogens with zero attached hydrogens (tertiary/aromatic N) is 1. The third-order valence-corrected chi connectivity index (χ3v) is 6.31. The largest absolute Gasteiger partial charge is 0.361 e. The van der Waals surface area contributed by atoms with Gasteiger partial charge in [-0.25, -0.2) is 0 Å². The molecule has 1 fully saturated rings. The molecule has 3 aromatic rings. The maximum absolute atomic E-state index is 11.2. The molecule has 0 spiro atoms. The summed E-state index contributed by atoms with van der Waals surface area (Å²) in [5.41, 5.74) is 6.97. The fourth-order valence-electron chi connectivity index (χ4n) is 4.81. The van der Waals surface area contributed by atoms with Gasteiger partial charge in [-0.15, -0.1) is 0 Å². The summed E-state index contributed by atoms with van der Waals surface area (Å²) in [7, 11) is 0. The molecule has 0 radical (unpaired) electrons. The Morgan fingerprint density at radius 1 is 0.844 bits per heavy atom. The first-order valence-electron chi connectivity index (χ1n) is 11.2. The number of benzene rings is 3. The van der Waals surface area contributed by atoms with Crippen LogP contribution in [-0.4, -0.2) is 11.0 Å². The number of ether oxygens (including phenoxy) is 1. The minimum atomic E-state index is -0.359. The van der Waals surface area contributed by atoms with Crippen molar-refractivity contribution in [3.63, 3.8) is 0 Å². The fourth-order valence-corrected chi connectivity index (χ4v) is 4.81. The Balaban J connectivity index is 1.75. The second-order valence-corrected chi connectivity index (χ2v) is 8.32. The Kier molecular flexibility index (Phi) is 5.70. The Morgan fingerprint density at radius 2 is 1.47 bits per heavy atom. The molecule has 5 rings (SSSR count). The van der Waals surface area contributed by atoms with E-state index in [-0.39, 0.29) is 22.8 Å². The van der Waals surface area contributed by atoms with Crippen molar-refractivity contribution in [2.45, 2.75) is 37.9 Å². The van der Waals surface area contributed by atoms with Gasteiger partial charge in [0.25, 0.3) is 5.69 Å². The van der Waals surface area contributed by atoms with Gasteiger partial charge in [0.05, 0.1) is 11.0 Å². The van der Waals surface area contributed by atoms with Crippen molar-refractivity contribution in [1.82, 2.24) is 0 Å². The molecule has 0 aromatic heterocycles. The number of hydrogen-bond donors (Lipinski definition) is 0. The van der Waals surface area contributed by atoms with Crippen LogP contribution in [0, 0.1) is 10.1 Å². The van der Waals surface area contributed by atoms with Gasteiger partial charge < -0.3 is 4.74 Å². The van der Waals surface area contributed by atoms with E-state index in [1.807, 2.05) is 24.3 Å². The van der Waals surface area contributed by atoms with Crippen LogP contribution in [0.15, 0.2) is 102 Å². The molecule has 4 nitrogen and oxygen atoms in total. The summed E-state index contributed by atoms with van der Waals surface area (Å²) in [4.78, 5) is 10.8. The number of nitro benzene ring substituents is 1. The van der Waals surface area contributed by atoms with E-state index in [2.05, 4.69) is 54.6 Å². The van der Waals surface area contributed by atoms with E-state index >= 15 is 0 Å². The summed E-state index contributed by atoms with van der Waals surface area (Å²) >= 11 is 0. The average Bonchev–Trinajstić information content (AvgIpc) is 3.02. The highest BCUT2D eigenvalue weighted by molar-refractivity contribution is 5.86. The predicted octanol–water partition coefficient (Wildman–Crippen LogP) is 7.04. The molecule has 0 bridgehead atoms. The van der Waals surface area contributed by atoms with E-state index in [9.17, 15) is 10.1 Å². The minimum Gasteiger partial charge on any atom is -0.361 e. The van der Waals surface area contributed by atoms with E-state index in [1.54, 1.807) is 12.1 Å². The molecule has 1 aliphatic carbocycles. The monoisotopic (exact) mass is 423 g/mol. The minimum absolute atomic E-state index is 0.0510. The zero-order valence-corrected chi connectivity index (χ0v) is 17.8. The lowest BCUT2D eigenvalue weighted by Crippen LogP contribution is -2.07. The van der Waals surface area contributed by atoms with E-state index in [0.29, 0.717) is 0 Å². The van der Waals surface area contributed by atoms with Crippen molar-refractivity contribution >= 4 is 11.3 Å². The van der Waals surface area contributed by atoms with Crippen LogP contribution < -0.4 is 0 Å². The van der Waals surface area contributed by atoms with Gasteiger partial charge in [0.1, 0.15) is 6.10 Å². The molecular formula is C28H25NO3. The Morgan fingerprint density at radius 3 is 2.06 bits per heavy atom. The third kappa shape index (κ3) is 3.90. The normalized spacial score (nSPS) is 20.2. The van der Waals surface area contributed by atoms with Crippen molar-refractivity contribution in [3.8, 4) is 0 Å². The van der Waals surface area contributed by atoms with Crippen LogP contribution >= 0.6 is 0 Å². The summed E-state index contributed by atoms with van der Waals surface area (Å²) in [6.07, 6.45) is 6.49. The molecule has 0 saturated carbocycles. The van der Waals surface area contributed by atoms with Gasteiger partial charge in [-0.3, -0.25) is 10.1 Å². The second-order valence-electron chi connectivity index (χ2n) is 8.32. The van der Waals surface area contributed by atoms with Gasteiger partial charge in [-0.1, -0.05) is 73.2 Å². The average molecular weight is 424 g/mol. The van der Waals surface area contributed by atoms with Crippen LogP contribution in [0.3, 0.4) is 0 Å². The Bertz CT molecular complexity index is 1120. The highest BCUT2D eigenvalue weighted by Gasteiger charge is 2.38. The van der Waals surface area contributed by atoms with E-state index in [4.69, 9.17) is 4.74 Å². The molecule has 2 atom stereocenters. The van der Waals surface area contributed by atoms with Crippen molar-refractivity contribution in [2.24, 2.45) is 0 Å². The Labute approximate surface area is 188 Å². The standard InChI is InChI=1S/C28H25NO3/c30-29(31)23-18-16-22(17-19-23)28-27(24-14-8-3-9-15-25(24)32-28)26(20-10-4-1-5-11-20)21-12-6-2-7-13-21/h1-2,4-7,10-14,16-19,25,28H,3,8-9,15H2. The van der Waals surface area contributed by atoms with Crippen LogP contribution in [0.2, 0.25) is 0 Å². The SMILES string of the molecule is O=[N+]([O-])c1ccc(C2OC3CCCCC=C3C2=C(c2ccccc2)c2ccccc2)cc1. The lowest BCUT2D eigenvalue weighted by Gasteiger charge is -2.19. The molecule has 0 N–H and O–H groups in total. The number of allylic oxidation sites excluding steroid dienone is 1. The van der Waals surface area contributed by atoms with Crippen LogP contribution in [0.1, 0.15) is 48.5 Å². The molecule has 160 valence electrons. The number of hydrogen-bond acceptors (Lipinski definition) is 3. The number of non-ortho nitro benzene ring substituents is 1. The van der Waals surface area contributed by atoms with E-state index in [1.165, 1.54) is 23.1 Å². The highest BCUT2D eigenvalue weighted by Crippen LogP contribution is 2.49. The summed E-state index contributed by atoms with van der Waals surface area (Å²) in [5, 5.41) is 11.2. The number of nitro groups is 1. The lowest BCUT2D eigenvalue weighted by molar-refractivity contribution is -0.384. The van der Waals surface area contributed by atoms with Crippen LogP contribution in [-0.2, 0) is 4.74 Å². The summed E-state index contributed by atoms with van der Waals surface area (Å²) in [6.45, 7) is 0. The topological polar surface area (TPSA) is 52.4 Å². The summed E-state index contributed by atoms with van der Waals surface area (Å²) in [5.74, 6) is 0. The summed E-state index contributed by atoms with van der Waals surface area (Å²) in [6, 6.07) is 27.7. The van der Waals surface area contributed by atoms with Gasteiger partial charge in [0.15, 0.2) is 0 Å². The molecule has 4 heteroatoms. The van der Waals surface area contributed by atoms with E-state index < -0.39 is 0 Å². The molecule has 32 heavy (non-hydrogen) atoms. The smallest absolute Gasteiger partial charge is 0.269 e. The molecule has 1 aliphatic heterocycles. The molecule has 2 unspecified atom stereocenters. The fraction of sp³-hybridized carbons (Fsp3) is 0.214. The van der Waals surface area contributed by atoms with Crippen LogP contribution in [0.4, 0.5) is 5.69 Å². The Hall–Kier alpha value is -3.50.